The number of furan rings is 1. The Morgan fingerprint density at radius 1 is 1.67 bits per heavy atom. The van der Waals surface area contributed by atoms with Crippen LogP contribution in [0.5, 0.6) is 0 Å². The van der Waals surface area contributed by atoms with Gasteiger partial charge in [0.1, 0.15) is 5.76 Å². The van der Waals surface area contributed by atoms with E-state index in [0.29, 0.717) is 5.76 Å². The number of alkyl halides is 2. The van der Waals surface area contributed by atoms with Crippen LogP contribution in [0.4, 0.5) is 8.78 Å². The van der Waals surface area contributed by atoms with Gasteiger partial charge in [0, 0.05) is 13.5 Å². The van der Waals surface area contributed by atoms with E-state index < -0.39 is 24.9 Å². The van der Waals surface area contributed by atoms with Crippen LogP contribution in [-0.2, 0) is 11.3 Å². The summed E-state index contributed by atoms with van der Waals surface area (Å²) in [4.78, 5) is 13.2. The second kappa shape index (κ2) is 5.67. The third-order valence-corrected chi connectivity index (χ3v) is 2.76. The van der Waals surface area contributed by atoms with Gasteiger partial charge in [-0.25, -0.2) is 8.78 Å². The number of carbonyl (C=O) groups is 1. The normalized spacial score (nSPS) is 21.4. The molecule has 1 aliphatic heterocycles. The number of amides is 1. The standard InChI is InChI=1S/C11H14F2N2O2.ClH/c1-15(6-8-3-2-4-17-8)10(16)9-5-11(12,13)7-14-9;/h2-4,9,14H,5-7H2,1H3;1H. The molecule has 1 atom stereocenters. The fraction of sp³-hybridized carbons (Fsp3) is 0.545. The summed E-state index contributed by atoms with van der Waals surface area (Å²) in [5.41, 5.74) is 0. The van der Waals surface area contributed by atoms with Crippen LogP contribution in [0.15, 0.2) is 22.8 Å². The smallest absolute Gasteiger partial charge is 0.262 e. The van der Waals surface area contributed by atoms with E-state index >= 15 is 0 Å². The second-order valence-electron chi connectivity index (χ2n) is 4.27. The molecule has 0 spiro atoms. The van der Waals surface area contributed by atoms with Crippen LogP contribution in [0.25, 0.3) is 0 Å². The van der Waals surface area contributed by atoms with Crippen molar-refractivity contribution in [2.45, 2.75) is 24.9 Å². The maximum Gasteiger partial charge on any atom is 0.262 e. The minimum Gasteiger partial charge on any atom is -0.467 e. The van der Waals surface area contributed by atoms with Crippen LogP contribution in [0.1, 0.15) is 12.2 Å². The molecule has 1 fully saturated rings. The average Bonchev–Trinajstić information content (AvgIpc) is 2.86. The molecular formula is C11H15ClF2N2O2. The fourth-order valence-corrected chi connectivity index (χ4v) is 1.87. The lowest BCUT2D eigenvalue weighted by molar-refractivity contribution is -0.133. The molecule has 0 saturated carbocycles. The van der Waals surface area contributed by atoms with E-state index in [0.717, 1.165) is 0 Å². The number of nitrogens with zero attached hydrogens (tertiary/aromatic N) is 1. The highest BCUT2D eigenvalue weighted by Crippen LogP contribution is 2.26. The lowest BCUT2D eigenvalue weighted by Crippen LogP contribution is -2.41. The van der Waals surface area contributed by atoms with E-state index in [4.69, 9.17) is 4.42 Å². The predicted molar refractivity (Wildman–Crippen MR) is 63.8 cm³/mol. The minimum absolute atomic E-state index is 0. The first-order chi connectivity index (χ1) is 7.98. The summed E-state index contributed by atoms with van der Waals surface area (Å²) >= 11 is 0. The Bertz CT molecular complexity index is 398. The highest BCUT2D eigenvalue weighted by atomic mass is 35.5. The molecule has 1 aromatic rings. The minimum atomic E-state index is -2.79. The molecule has 1 unspecified atom stereocenters. The van der Waals surface area contributed by atoms with E-state index in [1.54, 1.807) is 19.2 Å². The van der Waals surface area contributed by atoms with Crippen molar-refractivity contribution in [3.63, 3.8) is 0 Å². The molecule has 0 radical (unpaired) electrons. The molecule has 2 heterocycles. The number of hydrogen-bond donors (Lipinski definition) is 1. The molecule has 0 bridgehead atoms. The average molecular weight is 281 g/mol. The van der Waals surface area contributed by atoms with Crippen molar-refractivity contribution in [2.75, 3.05) is 13.6 Å². The molecule has 0 aromatic carbocycles. The van der Waals surface area contributed by atoms with Gasteiger partial charge in [-0.2, -0.15) is 0 Å². The summed E-state index contributed by atoms with van der Waals surface area (Å²) in [6.45, 7) is -0.145. The Labute approximate surface area is 110 Å². The van der Waals surface area contributed by atoms with Crippen molar-refractivity contribution < 1.29 is 18.0 Å². The van der Waals surface area contributed by atoms with Crippen LogP contribution in [0, 0.1) is 0 Å². The number of hydrogen-bond acceptors (Lipinski definition) is 3. The Balaban J connectivity index is 0.00000162. The Kier molecular flexibility index (Phi) is 4.70. The fourth-order valence-electron chi connectivity index (χ4n) is 1.87. The molecule has 0 aliphatic carbocycles. The summed E-state index contributed by atoms with van der Waals surface area (Å²) in [5.74, 6) is -2.49. The molecule has 18 heavy (non-hydrogen) atoms. The SMILES string of the molecule is CN(Cc1ccco1)C(=O)C1CC(F)(F)CN1.Cl. The van der Waals surface area contributed by atoms with E-state index in [2.05, 4.69) is 5.32 Å². The maximum absolute atomic E-state index is 12.9. The molecule has 7 heteroatoms. The quantitative estimate of drug-likeness (QED) is 0.916. The predicted octanol–water partition coefficient (Wildman–Crippen LogP) is 1.66. The molecule has 2 rings (SSSR count). The third-order valence-electron chi connectivity index (χ3n) is 2.76. The molecule has 1 amide bonds. The van der Waals surface area contributed by atoms with E-state index in [-0.39, 0.29) is 24.9 Å². The van der Waals surface area contributed by atoms with Gasteiger partial charge >= 0.3 is 0 Å². The first-order valence-corrected chi connectivity index (χ1v) is 5.36. The topological polar surface area (TPSA) is 45.5 Å². The zero-order valence-electron chi connectivity index (χ0n) is 9.86. The summed E-state index contributed by atoms with van der Waals surface area (Å²) in [6, 6.07) is 2.65. The van der Waals surface area contributed by atoms with Crippen molar-refractivity contribution in [3.8, 4) is 0 Å². The molecule has 1 saturated heterocycles. The van der Waals surface area contributed by atoms with Crippen molar-refractivity contribution in [1.29, 1.82) is 0 Å². The molecule has 1 N–H and O–H groups in total. The van der Waals surface area contributed by atoms with Crippen molar-refractivity contribution in [3.05, 3.63) is 24.2 Å². The number of halogens is 3. The van der Waals surface area contributed by atoms with Gasteiger partial charge in [-0.1, -0.05) is 0 Å². The Hall–Kier alpha value is -1.14. The maximum atomic E-state index is 12.9. The van der Waals surface area contributed by atoms with Crippen LogP contribution in [0.2, 0.25) is 0 Å². The van der Waals surface area contributed by atoms with E-state index in [9.17, 15) is 13.6 Å². The first kappa shape index (κ1) is 14.9. The van der Waals surface area contributed by atoms with Crippen LogP contribution in [-0.4, -0.2) is 36.4 Å². The molecule has 4 nitrogen and oxygen atoms in total. The highest BCUT2D eigenvalue weighted by molar-refractivity contribution is 5.85. The van der Waals surface area contributed by atoms with Gasteiger partial charge in [-0.05, 0) is 12.1 Å². The number of likely N-dealkylation sites (N-methyl/N-ethyl adjacent to an activating group) is 1. The van der Waals surface area contributed by atoms with Gasteiger partial charge in [-0.3, -0.25) is 10.1 Å². The largest absolute Gasteiger partial charge is 0.467 e. The van der Waals surface area contributed by atoms with Gasteiger partial charge in [0.15, 0.2) is 0 Å². The lowest BCUT2D eigenvalue weighted by atomic mass is 10.1. The number of rotatable bonds is 3. The van der Waals surface area contributed by atoms with Gasteiger partial charge in [-0.15, -0.1) is 12.4 Å². The van der Waals surface area contributed by atoms with Crippen molar-refractivity contribution in [1.82, 2.24) is 10.2 Å². The molecule has 1 aliphatic rings. The van der Waals surface area contributed by atoms with E-state index in [1.165, 1.54) is 11.2 Å². The Morgan fingerprint density at radius 3 is 2.89 bits per heavy atom. The zero-order valence-corrected chi connectivity index (χ0v) is 10.7. The Morgan fingerprint density at radius 2 is 2.39 bits per heavy atom. The van der Waals surface area contributed by atoms with Crippen molar-refractivity contribution >= 4 is 18.3 Å². The van der Waals surface area contributed by atoms with Gasteiger partial charge in [0.2, 0.25) is 5.91 Å². The van der Waals surface area contributed by atoms with Crippen LogP contribution < -0.4 is 5.32 Å². The number of nitrogens with one attached hydrogen (secondary N) is 1. The lowest BCUT2D eigenvalue weighted by Gasteiger charge is -2.19. The monoisotopic (exact) mass is 280 g/mol. The molecule has 1 aromatic heterocycles. The zero-order chi connectivity index (χ0) is 12.5. The van der Waals surface area contributed by atoms with Gasteiger partial charge < -0.3 is 9.32 Å². The first-order valence-electron chi connectivity index (χ1n) is 5.36. The highest BCUT2D eigenvalue weighted by Gasteiger charge is 2.43. The van der Waals surface area contributed by atoms with Crippen LogP contribution >= 0.6 is 12.4 Å². The van der Waals surface area contributed by atoms with E-state index in [1.807, 2.05) is 0 Å². The second-order valence-corrected chi connectivity index (χ2v) is 4.27. The summed E-state index contributed by atoms with van der Waals surface area (Å²) < 4.78 is 31.0. The van der Waals surface area contributed by atoms with Gasteiger partial charge in [0.25, 0.3) is 5.92 Å². The molecule has 102 valence electrons. The third kappa shape index (κ3) is 3.43. The van der Waals surface area contributed by atoms with Crippen molar-refractivity contribution in [2.24, 2.45) is 0 Å². The number of carbonyl (C=O) groups excluding carboxylic acids is 1. The van der Waals surface area contributed by atoms with Crippen LogP contribution in [0.3, 0.4) is 0 Å². The molecular weight excluding hydrogens is 266 g/mol. The summed E-state index contributed by atoms with van der Waals surface area (Å²) in [6.07, 6.45) is 1.07. The van der Waals surface area contributed by atoms with Gasteiger partial charge in [0.05, 0.1) is 25.4 Å². The summed E-state index contributed by atoms with van der Waals surface area (Å²) in [7, 11) is 1.57. The summed E-state index contributed by atoms with van der Waals surface area (Å²) in [5, 5.41) is 2.54.